The topological polar surface area (TPSA) is 88.2 Å². The molecular formula is C21H20ClN3O3S. The molecule has 150 valence electrons. The van der Waals surface area contributed by atoms with Gasteiger partial charge in [-0.15, -0.1) is 0 Å². The highest BCUT2D eigenvalue weighted by molar-refractivity contribution is 7.92. The first kappa shape index (κ1) is 20.8. The Morgan fingerprint density at radius 2 is 1.72 bits per heavy atom. The van der Waals surface area contributed by atoms with E-state index in [0.29, 0.717) is 16.3 Å². The van der Waals surface area contributed by atoms with Crippen molar-refractivity contribution in [3.05, 3.63) is 82.1 Å². The zero-order chi connectivity index (χ0) is 21.2. The number of hydrogen-bond donors (Lipinski definition) is 2. The summed E-state index contributed by atoms with van der Waals surface area (Å²) >= 11 is 5.94. The summed E-state index contributed by atoms with van der Waals surface area (Å²) in [6.07, 6.45) is 2.72. The van der Waals surface area contributed by atoms with Gasteiger partial charge in [0, 0.05) is 16.9 Å². The van der Waals surface area contributed by atoms with Crippen LogP contribution in [0.5, 0.6) is 0 Å². The van der Waals surface area contributed by atoms with Crippen LogP contribution in [0.25, 0.3) is 0 Å². The molecule has 29 heavy (non-hydrogen) atoms. The number of amides is 1. The Balaban J connectivity index is 1.82. The van der Waals surface area contributed by atoms with Crippen molar-refractivity contribution in [3.8, 4) is 0 Å². The summed E-state index contributed by atoms with van der Waals surface area (Å²) in [4.78, 5) is 16.7. The third-order valence-electron chi connectivity index (χ3n) is 4.31. The Kier molecular flexibility index (Phi) is 5.91. The zero-order valence-electron chi connectivity index (χ0n) is 16.2. The molecule has 1 amide bonds. The van der Waals surface area contributed by atoms with Gasteiger partial charge in [-0.25, -0.2) is 8.42 Å². The van der Waals surface area contributed by atoms with Crippen LogP contribution in [-0.2, 0) is 10.0 Å². The monoisotopic (exact) mass is 429 g/mol. The number of nitrogens with zero attached hydrogens (tertiary/aromatic N) is 1. The van der Waals surface area contributed by atoms with Crippen molar-refractivity contribution in [1.82, 2.24) is 4.98 Å². The number of sulfonamides is 1. The minimum Gasteiger partial charge on any atom is -0.322 e. The van der Waals surface area contributed by atoms with Crippen molar-refractivity contribution in [2.75, 3.05) is 10.0 Å². The summed E-state index contributed by atoms with van der Waals surface area (Å²) in [5.41, 5.74) is 3.45. The van der Waals surface area contributed by atoms with Gasteiger partial charge in [-0.2, -0.15) is 0 Å². The van der Waals surface area contributed by atoms with Crippen molar-refractivity contribution in [2.45, 2.75) is 25.7 Å². The van der Waals surface area contributed by atoms with Crippen LogP contribution in [0.4, 0.5) is 11.4 Å². The fourth-order valence-electron chi connectivity index (χ4n) is 2.89. The van der Waals surface area contributed by atoms with E-state index >= 15 is 0 Å². The predicted molar refractivity (Wildman–Crippen MR) is 115 cm³/mol. The molecule has 0 atom stereocenters. The number of pyridine rings is 1. The van der Waals surface area contributed by atoms with Gasteiger partial charge in [-0.05, 0) is 62.2 Å². The van der Waals surface area contributed by atoms with E-state index in [1.54, 1.807) is 43.3 Å². The van der Waals surface area contributed by atoms with E-state index in [2.05, 4.69) is 15.0 Å². The van der Waals surface area contributed by atoms with Crippen LogP contribution >= 0.6 is 11.6 Å². The second kappa shape index (κ2) is 8.23. The third kappa shape index (κ3) is 4.93. The first-order valence-electron chi connectivity index (χ1n) is 8.78. The number of benzene rings is 2. The van der Waals surface area contributed by atoms with Gasteiger partial charge >= 0.3 is 0 Å². The van der Waals surface area contributed by atoms with Crippen LogP contribution in [0.3, 0.4) is 0 Å². The molecule has 0 saturated heterocycles. The smallest absolute Gasteiger partial charge is 0.262 e. The molecule has 0 aliphatic heterocycles. The van der Waals surface area contributed by atoms with E-state index in [0.717, 1.165) is 11.1 Å². The van der Waals surface area contributed by atoms with Crippen molar-refractivity contribution < 1.29 is 13.2 Å². The number of nitrogens with one attached hydrogen (secondary N) is 2. The summed E-state index contributed by atoms with van der Waals surface area (Å²) in [5.74, 6) is -0.407. The van der Waals surface area contributed by atoms with Gasteiger partial charge in [-0.3, -0.25) is 14.5 Å². The van der Waals surface area contributed by atoms with Crippen molar-refractivity contribution in [3.63, 3.8) is 0 Å². The van der Waals surface area contributed by atoms with Gasteiger partial charge in [0.25, 0.3) is 15.9 Å². The number of halogens is 1. The standard InChI is InChI=1S/C21H20ClN3O3S/c1-13-4-7-20(15(3)8-13)29(27,28)25-18-10-16(11-23-12-18)21(26)24-19-6-5-17(22)9-14(19)2/h4-12,25H,1-3H3,(H,24,26). The van der Waals surface area contributed by atoms with E-state index in [1.165, 1.54) is 18.5 Å². The Bertz CT molecular complexity index is 1190. The molecule has 0 bridgehead atoms. The van der Waals surface area contributed by atoms with E-state index in [9.17, 15) is 13.2 Å². The summed E-state index contributed by atoms with van der Waals surface area (Å²) in [6, 6.07) is 11.6. The summed E-state index contributed by atoms with van der Waals surface area (Å²) in [6.45, 7) is 5.46. The molecule has 0 fully saturated rings. The molecule has 8 heteroatoms. The summed E-state index contributed by atoms with van der Waals surface area (Å²) in [7, 11) is -3.81. The number of anilines is 2. The van der Waals surface area contributed by atoms with E-state index in [1.807, 2.05) is 13.8 Å². The van der Waals surface area contributed by atoms with Gasteiger partial charge in [0.05, 0.1) is 22.3 Å². The van der Waals surface area contributed by atoms with Crippen LogP contribution in [0.15, 0.2) is 59.8 Å². The predicted octanol–water partition coefficient (Wildman–Crippen LogP) is 4.71. The highest BCUT2D eigenvalue weighted by Gasteiger charge is 2.18. The molecule has 0 unspecified atom stereocenters. The zero-order valence-corrected chi connectivity index (χ0v) is 17.7. The summed E-state index contributed by atoms with van der Waals surface area (Å²) in [5, 5.41) is 3.35. The lowest BCUT2D eigenvalue weighted by Crippen LogP contribution is -2.16. The normalized spacial score (nSPS) is 11.2. The van der Waals surface area contributed by atoms with Crippen molar-refractivity contribution in [1.29, 1.82) is 0 Å². The lowest BCUT2D eigenvalue weighted by molar-refractivity contribution is 0.102. The van der Waals surface area contributed by atoms with Crippen LogP contribution in [0, 0.1) is 20.8 Å². The van der Waals surface area contributed by atoms with Crippen LogP contribution in [0.2, 0.25) is 5.02 Å². The highest BCUT2D eigenvalue weighted by atomic mass is 35.5. The SMILES string of the molecule is Cc1ccc(S(=O)(=O)Nc2cncc(C(=O)Nc3ccc(Cl)cc3C)c2)c(C)c1. The maximum atomic E-state index is 12.7. The second-order valence-electron chi connectivity index (χ2n) is 6.75. The number of aromatic nitrogens is 1. The molecule has 0 radical (unpaired) electrons. The molecule has 2 N–H and O–H groups in total. The van der Waals surface area contributed by atoms with Crippen LogP contribution < -0.4 is 10.0 Å². The number of carbonyl (C=O) groups excluding carboxylic acids is 1. The average Bonchev–Trinajstić information content (AvgIpc) is 2.63. The van der Waals surface area contributed by atoms with Gasteiger partial charge in [0.1, 0.15) is 0 Å². The molecule has 6 nitrogen and oxygen atoms in total. The maximum absolute atomic E-state index is 12.7. The second-order valence-corrected chi connectivity index (χ2v) is 8.84. The van der Waals surface area contributed by atoms with E-state index in [-0.39, 0.29) is 16.1 Å². The van der Waals surface area contributed by atoms with Crippen LogP contribution in [-0.4, -0.2) is 19.3 Å². The fourth-order valence-corrected chi connectivity index (χ4v) is 4.38. The average molecular weight is 430 g/mol. The first-order chi connectivity index (χ1) is 13.7. The van der Waals surface area contributed by atoms with E-state index in [4.69, 9.17) is 11.6 Å². The quantitative estimate of drug-likeness (QED) is 0.614. The van der Waals surface area contributed by atoms with Crippen molar-refractivity contribution >= 4 is 38.9 Å². The molecule has 3 aromatic rings. The van der Waals surface area contributed by atoms with Gasteiger partial charge in [0.15, 0.2) is 0 Å². The van der Waals surface area contributed by atoms with E-state index < -0.39 is 15.9 Å². The number of carbonyl (C=O) groups is 1. The first-order valence-corrected chi connectivity index (χ1v) is 10.6. The van der Waals surface area contributed by atoms with Crippen LogP contribution in [0.1, 0.15) is 27.0 Å². The van der Waals surface area contributed by atoms with Crippen molar-refractivity contribution in [2.24, 2.45) is 0 Å². The Labute approximate surface area is 175 Å². The van der Waals surface area contributed by atoms with Gasteiger partial charge in [0.2, 0.25) is 0 Å². The van der Waals surface area contributed by atoms with Gasteiger partial charge in [-0.1, -0.05) is 29.3 Å². The Morgan fingerprint density at radius 3 is 2.41 bits per heavy atom. The molecular weight excluding hydrogens is 410 g/mol. The number of aryl methyl sites for hydroxylation is 3. The third-order valence-corrected chi connectivity index (χ3v) is 6.09. The molecule has 3 rings (SSSR count). The Morgan fingerprint density at radius 1 is 0.966 bits per heavy atom. The molecule has 0 aliphatic rings. The molecule has 1 heterocycles. The lowest BCUT2D eigenvalue weighted by Gasteiger charge is -2.12. The molecule has 2 aromatic carbocycles. The minimum atomic E-state index is -3.81. The fraction of sp³-hybridized carbons (Fsp3) is 0.143. The molecule has 0 saturated carbocycles. The number of rotatable bonds is 5. The molecule has 0 spiro atoms. The highest BCUT2D eigenvalue weighted by Crippen LogP contribution is 2.22. The minimum absolute atomic E-state index is 0.176. The Hall–Kier alpha value is -2.90. The number of hydrogen-bond acceptors (Lipinski definition) is 4. The van der Waals surface area contributed by atoms with Gasteiger partial charge < -0.3 is 5.32 Å². The molecule has 1 aromatic heterocycles. The lowest BCUT2D eigenvalue weighted by atomic mass is 10.2. The molecule has 0 aliphatic carbocycles. The summed E-state index contributed by atoms with van der Waals surface area (Å²) < 4.78 is 27.9. The maximum Gasteiger partial charge on any atom is 0.262 e. The largest absolute Gasteiger partial charge is 0.322 e.